The summed E-state index contributed by atoms with van der Waals surface area (Å²) in [6.45, 7) is 1.17. The number of rotatable bonds is 7. The molecule has 0 bridgehead atoms. The van der Waals surface area contributed by atoms with Gasteiger partial charge in [0.2, 0.25) is 0 Å². The molecular formula is C23H22BrNO4. The molecule has 1 aliphatic rings. The fourth-order valence-electron chi connectivity index (χ4n) is 3.31. The predicted octanol–water partition coefficient (Wildman–Crippen LogP) is 5.18. The number of benzene rings is 3. The molecule has 3 aromatic rings. The fourth-order valence-corrected chi connectivity index (χ4v) is 3.92. The van der Waals surface area contributed by atoms with Crippen LogP contribution in [0.4, 0.5) is 5.69 Å². The van der Waals surface area contributed by atoms with E-state index >= 15 is 0 Å². The molecular weight excluding hydrogens is 434 g/mol. The summed E-state index contributed by atoms with van der Waals surface area (Å²) in [7, 11) is 0. The quantitative estimate of drug-likeness (QED) is 0.533. The third kappa shape index (κ3) is 4.89. The van der Waals surface area contributed by atoms with Gasteiger partial charge in [0.05, 0.1) is 16.3 Å². The van der Waals surface area contributed by atoms with E-state index in [1.807, 2.05) is 60.7 Å². The summed E-state index contributed by atoms with van der Waals surface area (Å²) >= 11 is 3.57. The number of hydrogen-bond donors (Lipinski definition) is 1. The van der Waals surface area contributed by atoms with Gasteiger partial charge in [0.25, 0.3) is 5.91 Å². The zero-order valence-corrected chi connectivity index (χ0v) is 17.5. The second-order valence-corrected chi connectivity index (χ2v) is 7.67. The van der Waals surface area contributed by atoms with Crippen LogP contribution < -0.4 is 14.8 Å². The van der Waals surface area contributed by atoms with E-state index in [9.17, 15) is 4.79 Å². The molecule has 0 spiro atoms. The molecule has 150 valence electrons. The number of nitrogens with one attached hydrogen (secondary N) is 1. The first kappa shape index (κ1) is 19.7. The number of fused-ring (bicyclic) bond motifs is 1. The van der Waals surface area contributed by atoms with Crippen molar-refractivity contribution in [3.05, 3.63) is 65.1 Å². The Morgan fingerprint density at radius 1 is 1.03 bits per heavy atom. The average molecular weight is 456 g/mol. The van der Waals surface area contributed by atoms with Crippen LogP contribution in [0.1, 0.15) is 12.8 Å². The number of amides is 1. The van der Waals surface area contributed by atoms with Gasteiger partial charge in [0.1, 0.15) is 18.1 Å². The molecule has 1 heterocycles. The molecule has 1 aliphatic heterocycles. The molecule has 5 nitrogen and oxygen atoms in total. The summed E-state index contributed by atoms with van der Waals surface area (Å²) < 4.78 is 18.0. The fraction of sp³-hybridized carbons (Fsp3) is 0.261. The molecule has 1 atom stereocenters. The van der Waals surface area contributed by atoms with Crippen LogP contribution in [-0.4, -0.2) is 31.8 Å². The highest BCUT2D eigenvalue weighted by atomic mass is 79.9. The van der Waals surface area contributed by atoms with Gasteiger partial charge >= 0.3 is 0 Å². The van der Waals surface area contributed by atoms with Crippen molar-refractivity contribution in [3.63, 3.8) is 0 Å². The number of ether oxygens (including phenoxy) is 3. The second kappa shape index (κ2) is 9.29. The molecule has 4 rings (SSSR count). The van der Waals surface area contributed by atoms with Crippen LogP contribution in [0.25, 0.3) is 10.8 Å². The summed E-state index contributed by atoms with van der Waals surface area (Å²) in [5.41, 5.74) is 0.622. The summed E-state index contributed by atoms with van der Waals surface area (Å²) in [6.07, 6.45) is 2.18. The monoisotopic (exact) mass is 455 g/mol. The Morgan fingerprint density at radius 2 is 1.86 bits per heavy atom. The minimum atomic E-state index is -0.252. The first-order chi connectivity index (χ1) is 14.2. The molecule has 1 saturated heterocycles. The number of para-hydroxylation sites is 2. The maximum atomic E-state index is 12.4. The molecule has 1 amide bonds. The SMILES string of the molecule is O=C(COc1ccc2ccccc2c1Br)Nc1ccccc1OCC1CCCO1. The van der Waals surface area contributed by atoms with Crippen molar-refractivity contribution in [1.82, 2.24) is 0 Å². The van der Waals surface area contributed by atoms with Crippen LogP contribution in [0, 0.1) is 0 Å². The Balaban J connectivity index is 1.37. The molecule has 29 heavy (non-hydrogen) atoms. The van der Waals surface area contributed by atoms with Gasteiger partial charge in [-0.25, -0.2) is 0 Å². The van der Waals surface area contributed by atoms with Crippen LogP contribution >= 0.6 is 15.9 Å². The second-order valence-electron chi connectivity index (χ2n) is 6.88. The lowest BCUT2D eigenvalue weighted by atomic mass is 10.1. The predicted molar refractivity (Wildman–Crippen MR) is 117 cm³/mol. The summed E-state index contributed by atoms with van der Waals surface area (Å²) in [5, 5.41) is 5.01. The Morgan fingerprint density at radius 3 is 2.72 bits per heavy atom. The van der Waals surface area contributed by atoms with Crippen molar-refractivity contribution >= 4 is 38.3 Å². The summed E-state index contributed by atoms with van der Waals surface area (Å²) in [5.74, 6) is 1.00. The third-order valence-electron chi connectivity index (χ3n) is 4.80. The van der Waals surface area contributed by atoms with Crippen molar-refractivity contribution in [1.29, 1.82) is 0 Å². The van der Waals surface area contributed by atoms with Crippen LogP contribution in [0.15, 0.2) is 65.1 Å². The number of halogens is 1. The molecule has 0 aromatic heterocycles. The molecule has 0 aliphatic carbocycles. The Kier molecular flexibility index (Phi) is 6.32. The van der Waals surface area contributed by atoms with Gasteiger partial charge in [0.15, 0.2) is 6.61 Å². The van der Waals surface area contributed by atoms with Crippen LogP contribution in [0.5, 0.6) is 11.5 Å². The summed E-state index contributed by atoms with van der Waals surface area (Å²) in [6, 6.07) is 19.2. The van der Waals surface area contributed by atoms with Crippen molar-refractivity contribution in [2.45, 2.75) is 18.9 Å². The Bertz CT molecular complexity index is 1000. The number of carbonyl (C=O) groups excluding carboxylic acids is 1. The first-order valence-corrected chi connectivity index (χ1v) is 10.4. The maximum Gasteiger partial charge on any atom is 0.262 e. The molecule has 1 N–H and O–H groups in total. The summed E-state index contributed by atoms with van der Waals surface area (Å²) in [4.78, 5) is 12.4. The van der Waals surface area contributed by atoms with E-state index in [0.717, 1.165) is 34.7 Å². The van der Waals surface area contributed by atoms with E-state index in [4.69, 9.17) is 14.2 Å². The van der Waals surface area contributed by atoms with E-state index in [0.29, 0.717) is 23.8 Å². The molecule has 3 aromatic carbocycles. The standard InChI is InChI=1S/C23H22BrNO4/c24-23-18-8-2-1-6-16(18)11-12-21(23)29-15-22(26)25-19-9-3-4-10-20(19)28-14-17-7-5-13-27-17/h1-4,6,8-12,17H,5,7,13-15H2,(H,25,26). The van der Waals surface area contributed by atoms with Crippen LogP contribution in [-0.2, 0) is 9.53 Å². The molecule has 6 heteroatoms. The lowest BCUT2D eigenvalue weighted by Gasteiger charge is -2.15. The van der Waals surface area contributed by atoms with Gasteiger partial charge in [0, 0.05) is 6.61 Å². The van der Waals surface area contributed by atoms with Crippen LogP contribution in [0.3, 0.4) is 0 Å². The minimum absolute atomic E-state index is 0.100. The van der Waals surface area contributed by atoms with E-state index in [1.54, 1.807) is 0 Å². The zero-order chi connectivity index (χ0) is 20.1. The van der Waals surface area contributed by atoms with Crippen LogP contribution in [0.2, 0.25) is 0 Å². The number of hydrogen-bond acceptors (Lipinski definition) is 4. The van der Waals surface area contributed by atoms with Gasteiger partial charge in [-0.3, -0.25) is 4.79 Å². The van der Waals surface area contributed by atoms with Gasteiger partial charge in [-0.05, 0) is 57.7 Å². The van der Waals surface area contributed by atoms with Gasteiger partial charge in [-0.1, -0.05) is 42.5 Å². The smallest absolute Gasteiger partial charge is 0.262 e. The number of carbonyl (C=O) groups is 1. The van der Waals surface area contributed by atoms with E-state index in [2.05, 4.69) is 21.2 Å². The van der Waals surface area contributed by atoms with Crippen molar-refractivity contribution in [2.24, 2.45) is 0 Å². The highest BCUT2D eigenvalue weighted by molar-refractivity contribution is 9.10. The highest BCUT2D eigenvalue weighted by Gasteiger charge is 2.17. The highest BCUT2D eigenvalue weighted by Crippen LogP contribution is 2.33. The van der Waals surface area contributed by atoms with E-state index in [-0.39, 0.29) is 18.6 Å². The minimum Gasteiger partial charge on any atom is -0.489 e. The van der Waals surface area contributed by atoms with Crippen molar-refractivity contribution in [3.8, 4) is 11.5 Å². The first-order valence-electron chi connectivity index (χ1n) is 9.64. The molecule has 1 fully saturated rings. The Labute approximate surface area is 178 Å². The van der Waals surface area contributed by atoms with Gasteiger partial charge in [-0.2, -0.15) is 0 Å². The average Bonchev–Trinajstić information content (AvgIpc) is 3.26. The molecule has 1 unspecified atom stereocenters. The number of anilines is 1. The van der Waals surface area contributed by atoms with Crippen molar-refractivity contribution in [2.75, 3.05) is 25.1 Å². The van der Waals surface area contributed by atoms with Gasteiger partial charge in [-0.15, -0.1) is 0 Å². The maximum absolute atomic E-state index is 12.4. The zero-order valence-electron chi connectivity index (χ0n) is 15.9. The lowest BCUT2D eigenvalue weighted by Crippen LogP contribution is -2.21. The third-order valence-corrected chi connectivity index (χ3v) is 5.61. The molecule has 0 radical (unpaired) electrons. The normalized spacial score (nSPS) is 16.0. The lowest BCUT2D eigenvalue weighted by molar-refractivity contribution is -0.118. The largest absolute Gasteiger partial charge is 0.489 e. The molecule has 0 saturated carbocycles. The van der Waals surface area contributed by atoms with E-state index in [1.165, 1.54) is 0 Å². The van der Waals surface area contributed by atoms with Gasteiger partial charge < -0.3 is 19.5 Å². The van der Waals surface area contributed by atoms with E-state index < -0.39 is 0 Å². The van der Waals surface area contributed by atoms with Crippen molar-refractivity contribution < 1.29 is 19.0 Å². The topological polar surface area (TPSA) is 56.8 Å². The Hall–Kier alpha value is -2.57.